The van der Waals surface area contributed by atoms with Gasteiger partial charge < -0.3 is 4.90 Å². The van der Waals surface area contributed by atoms with Crippen LogP contribution in [-0.4, -0.2) is 31.3 Å². The zero-order valence-electron chi connectivity index (χ0n) is 13.2. The third kappa shape index (κ3) is 5.08. The second-order valence-corrected chi connectivity index (χ2v) is 6.68. The molecule has 0 amide bonds. The molecule has 0 aliphatic carbocycles. The molecule has 0 atom stereocenters. The van der Waals surface area contributed by atoms with Gasteiger partial charge in [0.2, 0.25) is 0 Å². The third-order valence-electron chi connectivity index (χ3n) is 3.64. The van der Waals surface area contributed by atoms with Gasteiger partial charge in [-0.15, -0.1) is 0 Å². The summed E-state index contributed by atoms with van der Waals surface area (Å²) in [6.45, 7) is 1.04. The Morgan fingerprint density at radius 2 is 1.45 bits per heavy atom. The number of halogens is 1. The monoisotopic (exact) mass is 359 g/mol. The molecule has 0 aliphatic rings. The van der Waals surface area contributed by atoms with Crippen LogP contribution >= 0.6 is 15.9 Å². The van der Waals surface area contributed by atoms with E-state index in [2.05, 4.69) is 47.1 Å². The highest BCUT2D eigenvalue weighted by Crippen LogP contribution is 2.22. The number of benzene rings is 2. The van der Waals surface area contributed by atoms with Crippen LogP contribution in [0.5, 0.6) is 0 Å². The summed E-state index contributed by atoms with van der Waals surface area (Å²) < 4.78 is 1.07. The van der Waals surface area contributed by atoms with Crippen LogP contribution in [0.1, 0.15) is 29.6 Å². The first-order valence-corrected chi connectivity index (χ1v) is 8.39. The van der Waals surface area contributed by atoms with Gasteiger partial charge in [-0.05, 0) is 56.7 Å². The van der Waals surface area contributed by atoms with E-state index in [-0.39, 0.29) is 5.78 Å². The molecule has 0 bridgehead atoms. The Hall–Kier alpha value is -1.45. The van der Waals surface area contributed by atoms with Crippen molar-refractivity contribution in [3.63, 3.8) is 0 Å². The normalized spacial score (nSPS) is 10.9. The quantitative estimate of drug-likeness (QED) is 0.510. The molecule has 2 aromatic carbocycles. The number of hydrogen-bond donors (Lipinski definition) is 0. The molecule has 0 fully saturated rings. The van der Waals surface area contributed by atoms with Crippen LogP contribution in [0.15, 0.2) is 53.0 Å². The molecule has 0 aromatic heterocycles. The van der Waals surface area contributed by atoms with Crippen LogP contribution in [0.25, 0.3) is 11.1 Å². The van der Waals surface area contributed by atoms with Crippen molar-refractivity contribution in [2.24, 2.45) is 0 Å². The average molecular weight is 360 g/mol. The second-order valence-electron chi connectivity index (χ2n) is 5.77. The van der Waals surface area contributed by atoms with E-state index in [1.807, 2.05) is 36.4 Å². The highest BCUT2D eigenvalue weighted by atomic mass is 79.9. The van der Waals surface area contributed by atoms with Crippen LogP contribution < -0.4 is 0 Å². The van der Waals surface area contributed by atoms with Crippen molar-refractivity contribution >= 4 is 21.7 Å². The molecule has 0 heterocycles. The van der Waals surface area contributed by atoms with E-state index in [1.165, 1.54) is 0 Å². The second kappa shape index (κ2) is 8.25. The summed E-state index contributed by atoms with van der Waals surface area (Å²) in [5.41, 5.74) is 3.11. The van der Waals surface area contributed by atoms with E-state index in [1.54, 1.807) is 0 Å². The van der Waals surface area contributed by atoms with Gasteiger partial charge in [0.25, 0.3) is 0 Å². The Kier molecular flexibility index (Phi) is 6.34. The van der Waals surface area contributed by atoms with Gasteiger partial charge in [0.1, 0.15) is 0 Å². The Labute approximate surface area is 141 Å². The number of carbonyl (C=O) groups is 1. The minimum absolute atomic E-state index is 0.237. The molecular formula is C19H22BrNO. The van der Waals surface area contributed by atoms with Gasteiger partial charge in [0, 0.05) is 16.5 Å². The zero-order valence-corrected chi connectivity index (χ0v) is 14.8. The fraction of sp³-hybridized carbons (Fsp3) is 0.316. The Morgan fingerprint density at radius 3 is 2.00 bits per heavy atom. The SMILES string of the molecule is CN(C)CCCCC(=O)c1ccc(-c2ccc(Br)cc2)cc1. The number of Topliss-reactive ketones (excluding diaryl/α,β-unsaturated/α-hetero) is 1. The van der Waals surface area contributed by atoms with Crippen molar-refractivity contribution < 1.29 is 4.79 Å². The molecule has 0 aliphatic heterocycles. The van der Waals surface area contributed by atoms with Crippen molar-refractivity contribution in [1.29, 1.82) is 0 Å². The highest BCUT2D eigenvalue weighted by Gasteiger charge is 2.06. The lowest BCUT2D eigenvalue weighted by Gasteiger charge is -2.08. The molecule has 0 saturated carbocycles. The van der Waals surface area contributed by atoms with Gasteiger partial charge in [-0.25, -0.2) is 0 Å². The van der Waals surface area contributed by atoms with E-state index in [0.717, 1.165) is 40.5 Å². The lowest BCUT2D eigenvalue weighted by atomic mass is 10.0. The zero-order chi connectivity index (χ0) is 15.9. The largest absolute Gasteiger partial charge is 0.309 e. The van der Waals surface area contributed by atoms with Gasteiger partial charge in [-0.3, -0.25) is 4.79 Å². The molecule has 0 saturated heterocycles. The summed E-state index contributed by atoms with van der Waals surface area (Å²) in [5, 5.41) is 0. The van der Waals surface area contributed by atoms with E-state index < -0.39 is 0 Å². The minimum Gasteiger partial charge on any atom is -0.309 e. The molecule has 116 valence electrons. The maximum atomic E-state index is 12.2. The third-order valence-corrected chi connectivity index (χ3v) is 4.17. The first kappa shape index (κ1) is 16.9. The molecule has 3 heteroatoms. The van der Waals surface area contributed by atoms with Crippen LogP contribution in [0.4, 0.5) is 0 Å². The summed E-state index contributed by atoms with van der Waals surface area (Å²) in [6.07, 6.45) is 2.65. The molecular weight excluding hydrogens is 338 g/mol. The minimum atomic E-state index is 0.237. The van der Waals surface area contributed by atoms with Gasteiger partial charge in [0.05, 0.1) is 0 Å². The number of nitrogens with zero attached hydrogens (tertiary/aromatic N) is 1. The molecule has 22 heavy (non-hydrogen) atoms. The van der Waals surface area contributed by atoms with Crippen molar-refractivity contribution in [2.45, 2.75) is 19.3 Å². The average Bonchev–Trinajstić information content (AvgIpc) is 2.52. The number of hydrogen-bond acceptors (Lipinski definition) is 2. The Morgan fingerprint density at radius 1 is 0.909 bits per heavy atom. The molecule has 0 radical (unpaired) electrons. The fourth-order valence-corrected chi connectivity index (χ4v) is 2.61. The van der Waals surface area contributed by atoms with Crippen LogP contribution in [0.2, 0.25) is 0 Å². The Bertz CT molecular complexity index is 602. The van der Waals surface area contributed by atoms with Crippen molar-refractivity contribution in [2.75, 3.05) is 20.6 Å². The molecule has 0 spiro atoms. The van der Waals surface area contributed by atoms with E-state index >= 15 is 0 Å². The predicted molar refractivity (Wildman–Crippen MR) is 96.3 cm³/mol. The van der Waals surface area contributed by atoms with E-state index in [4.69, 9.17) is 0 Å². The number of ketones is 1. The first-order chi connectivity index (χ1) is 10.6. The van der Waals surface area contributed by atoms with Crippen molar-refractivity contribution in [3.8, 4) is 11.1 Å². The molecule has 0 unspecified atom stereocenters. The fourth-order valence-electron chi connectivity index (χ4n) is 2.35. The van der Waals surface area contributed by atoms with Gasteiger partial charge >= 0.3 is 0 Å². The smallest absolute Gasteiger partial charge is 0.162 e. The Balaban J connectivity index is 1.93. The number of unbranched alkanes of at least 4 members (excludes halogenated alkanes) is 1. The summed E-state index contributed by atoms with van der Waals surface area (Å²) in [7, 11) is 4.12. The lowest BCUT2D eigenvalue weighted by molar-refractivity contribution is 0.0978. The lowest BCUT2D eigenvalue weighted by Crippen LogP contribution is -2.13. The molecule has 2 nitrogen and oxygen atoms in total. The summed E-state index contributed by atoms with van der Waals surface area (Å²) in [4.78, 5) is 14.3. The van der Waals surface area contributed by atoms with E-state index in [0.29, 0.717) is 6.42 Å². The number of rotatable bonds is 7. The summed E-state index contributed by atoms with van der Waals surface area (Å²) in [5.74, 6) is 0.237. The first-order valence-electron chi connectivity index (χ1n) is 7.60. The standard InChI is InChI=1S/C19H22BrNO/c1-21(2)14-4-3-5-19(22)17-8-6-15(7-9-17)16-10-12-18(20)13-11-16/h6-13H,3-5,14H2,1-2H3. The van der Waals surface area contributed by atoms with Crippen LogP contribution in [-0.2, 0) is 0 Å². The van der Waals surface area contributed by atoms with Crippen LogP contribution in [0.3, 0.4) is 0 Å². The summed E-state index contributed by atoms with van der Waals surface area (Å²) >= 11 is 3.44. The summed E-state index contributed by atoms with van der Waals surface area (Å²) in [6, 6.07) is 16.1. The van der Waals surface area contributed by atoms with Gasteiger partial charge in [-0.2, -0.15) is 0 Å². The predicted octanol–water partition coefficient (Wildman–Crippen LogP) is 5.03. The van der Waals surface area contributed by atoms with E-state index in [9.17, 15) is 4.79 Å². The van der Waals surface area contributed by atoms with Crippen LogP contribution in [0, 0.1) is 0 Å². The van der Waals surface area contributed by atoms with Gasteiger partial charge in [-0.1, -0.05) is 52.3 Å². The molecule has 0 N–H and O–H groups in total. The number of carbonyl (C=O) groups excluding carboxylic acids is 1. The van der Waals surface area contributed by atoms with Gasteiger partial charge in [0.15, 0.2) is 5.78 Å². The maximum absolute atomic E-state index is 12.2. The van der Waals surface area contributed by atoms with Crippen molar-refractivity contribution in [3.05, 3.63) is 58.6 Å². The van der Waals surface area contributed by atoms with Crippen molar-refractivity contribution in [1.82, 2.24) is 4.90 Å². The highest BCUT2D eigenvalue weighted by molar-refractivity contribution is 9.10. The maximum Gasteiger partial charge on any atom is 0.162 e. The molecule has 2 rings (SSSR count). The topological polar surface area (TPSA) is 20.3 Å². The molecule has 2 aromatic rings.